The molecule has 7 heteroatoms. The quantitative estimate of drug-likeness (QED) is 0.217. The summed E-state index contributed by atoms with van der Waals surface area (Å²) in [6.07, 6.45) is 3.22. The fourth-order valence-corrected chi connectivity index (χ4v) is 2.38. The molecule has 0 bridgehead atoms. The van der Waals surface area contributed by atoms with Crippen molar-refractivity contribution < 1.29 is 33.7 Å². The molecule has 0 radical (unpaired) electrons. The third-order valence-corrected chi connectivity index (χ3v) is 3.70. The molecule has 0 spiro atoms. The Labute approximate surface area is 155 Å². The molecule has 0 fully saturated rings. The van der Waals surface area contributed by atoms with Gasteiger partial charge in [0.05, 0.1) is 12.7 Å². The molecule has 0 saturated carbocycles. The van der Waals surface area contributed by atoms with E-state index in [1.807, 2.05) is 6.92 Å². The standard InChI is InChI=1S/C19H32O7/c1-5-16(21)13-17(26-15(4)20)12-14(3)25-19(23)10-8-7-9-11-24-18(22)6-2/h6,14,16-17,21H,2,5,7-13H2,1,3-4H3. The lowest BCUT2D eigenvalue weighted by Gasteiger charge is -2.23. The number of hydrogen-bond acceptors (Lipinski definition) is 7. The number of aliphatic hydroxyl groups excluding tert-OH is 1. The van der Waals surface area contributed by atoms with Gasteiger partial charge in [-0.15, -0.1) is 0 Å². The Hall–Kier alpha value is -1.89. The fraction of sp³-hybridized carbons (Fsp3) is 0.737. The largest absolute Gasteiger partial charge is 0.463 e. The lowest BCUT2D eigenvalue weighted by atomic mass is 10.0. The van der Waals surface area contributed by atoms with Gasteiger partial charge in [0.1, 0.15) is 12.2 Å². The van der Waals surface area contributed by atoms with E-state index in [1.165, 1.54) is 6.92 Å². The molecule has 0 aliphatic rings. The van der Waals surface area contributed by atoms with Crippen LogP contribution in [0.2, 0.25) is 0 Å². The van der Waals surface area contributed by atoms with Gasteiger partial charge in [0.25, 0.3) is 0 Å². The molecular formula is C19H32O7. The number of hydrogen-bond donors (Lipinski definition) is 1. The highest BCUT2D eigenvalue weighted by Gasteiger charge is 2.21. The van der Waals surface area contributed by atoms with Crippen molar-refractivity contribution in [2.45, 2.75) is 84.0 Å². The molecule has 0 heterocycles. The van der Waals surface area contributed by atoms with Crippen LogP contribution >= 0.6 is 0 Å². The number of carbonyl (C=O) groups is 3. The summed E-state index contributed by atoms with van der Waals surface area (Å²) in [4.78, 5) is 33.9. The minimum absolute atomic E-state index is 0.273. The zero-order valence-corrected chi connectivity index (χ0v) is 16.1. The highest BCUT2D eigenvalue weighted by molar-refractivity contribution is 5.81. The van der Waals surface area contributed by atoms with E-state index in [-0.39, 0.29) is 12.4 Å². The summed E-state index contributed by atoms with van der Waals surface area (Å²) >= 11 is 0. The van der Waals surface area contributed by atoms with E-state index >= 15 is 0 Å². The van der Waals surface area contributed by atoms with E-state index in [1.54, 1.807) is 6.92 Å². The molecule has 0 rings (SSSR count). The van der Waals surface area contributed by atoms with Crippen LogP contribution in [0.5, 0.6) is 0 Å². The first-order valence-corrected chi connectivity index (χ1v) is 9.12. The van der Waals surface area contributed by atoms with E-state index in [0.717, 1.165) is 12.5 Å². The molecular weight excluding hydrogens is 340 g/mol. The van der Waals surface area contributed by atoms with Gasteiger partial charge in [0.2, 0.25) is 0 Å². The maximum absolute atomic E-state index is 11.8. The Morgan fingerprint density at radius 3 is 2.38 bits per heavy atom. The van der Waals surface area contributed by atoms with Crippen molar-refractivity contribution in [3.05, 3.63) is 12.7 Å². The van der Waals surface area contributed by atoms with Crippen molar-refractivity contribution in [3.63, 3.8) is 0 Å². The predicted molar refractivity (Wildman–Crippen MR) is 96.3 cm³/mol. The van der Waals surface area contributed by atoms with Gasteiger partial charge in [-0.3, -0.25) is 9.59 Å². The van der Waals surface area contributed by atoms with E-state index < -0.39 is 30.3 Å². The number of aliphatic hydroxyl groups is 1. The van der Waals surface area contributed by atoms with Crippen LogP contribution in [-0.2, 0) is 28.6 Å². The molecule has 0 aromatic heterocycles. The van der Waals surface area contributed by atoms with Crippen LogP contribution in [0.15, 0.2) is 12.7 Å². The lowest BCUT2D eigenvalue weighted by molar-refractivity contribution is -0.154. The van der Waals surface area contributed by atoms with E-state index in [4.69, 9.17) is 14.2 Å². The molecule has 7 nitrogen and oxygen atoms in total. The first-order chi connectivity index (χ1) is 12.3. The van der Waals surface area contributed by atoms with Gasteiger partial charge in [0, 0.05) is 32.3 Å². The zero-order valence-electron chi connectivity index (χ0n) is 16.1. The summed E-state index contributed by atoms with van der Waals surface area (Å²) in [6, 6.07) is 0. The van der Waals surface area contributed by atoms with Gasteiger partial charge in [-0.2, -0.15) is 0 Å². The number of rotatable bonds is 14. The fourth-order valence-electron chi connectivity index (χ4n) is 2.38. The Morgan fingerprint density at radius 1 is 1.12 bits per heavy atom. The summed E-state index contributed by atoms with van der Waals surface area (Å²) < 4.78 is 15.4. The third-order valence-electron chi connectivity index (χ3n) is 3.70. The van der Waals surface area contributed by atoms with Gasteiger partial charge in [-0.25, -0.2) is 4.79 Å². The summed E-state index contributed by atoms with van der Waals surface area (Å²) in [5.41, 5.74) is 0. The topological polar surface area (TPSA) is 99.1 Å². The van der Waals surface area contributed by atoms with E-state index in [0.29, 0.717) is 38.7 Å². The molecule has 3 unspecified atom stereocenters. The summed E-state index contributed by atoms with van der Waals surface area (Å²) in [6.45, 7) is 8.51. The molecule has 0 aliphatic heterocycles. The minimum Gasteiger partial charge on any atom is -0.463 e. The van der Waals surface area contributed by atoms with Crippen LogP contribution in [0.25, 0.3) is 0 Å². The average Bonchev–Trinajstić information content (AvgIpc) is 2.56. The molecule has 0 amide bonds. The molecule has 0 aromatic carbocycles. The van der Waals surface area contributed by atoms with Crippen molar-refractivity contribution in [3.8, 4) is 0 Å². The third kappa shape index (κ3) is 13.4. The van der Waals surface area contributed by atoms with Gasteiger partial charge in [-0.05, 0) is 32.6 Å². The van der Waals surface area contributed by atoms with Crippen molar-refractivity contribution >= 4 is 17.9 Å². The summed E-state index contributed by atoms with van der Waals surface area (Å²) in [5, 5.41) is 9.74. The smallest absolute Gasteiger partial charge is 0.330 e. The van der Waals surface area contributed by atoms with Gasteiger partial charge in [-0.1, -0.05) is 13.5 Å². The Balaban J connectivity index is 4.04. The molecule has 0 aliphatic carbocycles. The van der Waals surface area contributed by atoms with Gasteiger partial charge >= 0.3 is 17.9 Å². The Bertz CT molecular complexity index is 447. The van der Waals surface area contributed by atoms with Crippen molar-refractivity contribution in [1.82, 2.24) is 0 Å². The first-order valence-electron chi connectivity index (χ1n) is 9.12. The van der Waals surface area contributed by atoms with Crippen LogP contribution in [-0.4, -0.2) is 47.9 Å². The maximum atomic E-state index is 11.8. The van der Waals surface area contributed by atoms with Crippen LogP contribution in [0.4, 0.5) is 0 Å². The number of ether oxygens (including phenoxy) is 3. The molecule has 26 heavy (non-hydrogen) atoms. The monoisotopic (exact) mass is 372 g/mol. The summed E-state index contributed by atoms with van der Waals surface area (Å²) in [5.74, 6) is -1.19. The zero-order chi connectivity index (χ0) is 19.9. The van der Waals surface area contributed by atoms with Gasteiger partial charge < -0.3 is 19.3 Å². The number of carbonyl (C=O) groups excluding carboxylic acids is 3. The minimum atomic E-state index is -0.558. The first kappa shape index (κ1) is 24.1. The maximum Gasteiger partial charge on any atom is 0.330 e. The molecule has 0 aromatic rings. The molecule has 150 valence electrons. The SMILES string of the molecule is C=CC(=O)OCCCCCC(=O)OC(C)CC(CC(O)CC)OC(C)=O. The Kier molecular flexibility index (Phi) is 13.3. The highest BCUT2D eigenvalue weighted by atomic mass is 16.6. The highest BCUT2D eigenvalue weighted by Crippen LogP contribution is 2.15. The second-order valence-electron chi connectivity index (χ2n) is 6.25. The predicted octanol–water partition coefficient (Wildman–Crippen LogP) is 2.69. The lowest BCUT2D eigenvalue weighted by Crippen LogP contribution is -2.28. The average molecular weight is 372 g/mol. The summed E-state index contributed by atoms with van der Waals surface area (Å²) in [7, 11) is 0. The normalized spacial score (nSPS) is 14.0. The molecule has 3 atom stereocenters. The van der Waals surface area contributed by atoms with Gasteiger partial charge in [0.15, 0.2) is 0 Å². The van der Waals surface area contributed by atoms with Crippen LogP contribution < -0.4 is 0 Å². The van der Waals surface area contributed by atoms with Crippen LogP contribution in [0.1, 0.15) is 65.7 Å². The number of unbranched alkanes of at least 4 members (excludes halogenated alkanes) is 2. The van der Waals surface area contributed by atoms with Crippen LogP contribution in [0, 0.1) is 0 Å². The molecule has 1 N–H and O–H groups in total. The number of esters is 3. The Morgan fingerprint density at radius 2 is 1.81 bits per heavy atom. The van der Waals surface area contributed by atoms with Crippen LogP contribution in [0.3, 0.4) is 0 Å². The van der Waals surface area contributed by atoms with Crippen molar-refractivity contribution in [1.29, 1.82) is 0 Å². The van der Waals surface area contributed by atoms with E-state index in [9.17, 15) is 19.5 Å². The molecule has 0 saturated heterocycles. The second kappa shape index (κ2) is 14.3. The second-order valence-corrected chi connectivity index (χ2v) is 6.25. The van der Waals surface area contributed by atoms with E-state index in [2.05, 4.69) is 6.58 Å². The van der Waals surface area contributed by atoms with Crippen molar-refractivity contribution in [2.24, 2.45) is 0 Å². The van der Waals surface area contributed by atoms with Crippen molar-refractivity contribution in [2.75, 3.05) is 6.61 Å².